The van der Waals surface area contributed by atoms with E-state index in [0.717, 1.165) is 34.8 Å². The second-order valence-corrected chi connectivity index (χ2v) is 9.27. The average Bonchev–Trinajstić information content (AvgIpc) is 3.12. The lowest BCUT2D eigenvalue weighted by atomic mass is 10.2. The summed E-state index contributed by atoms with van der Waals surface area (Å²) in [4.78, 5) is 35.7. The van der Waals surface area contributed by atoms with Gasteiger partial charge in [0.15, 0.2) is 5.65 Å². The van der Waals surface area contributed by atoms with Crippen LogP contribution < -0.4 is 27.0 Å². The molecule has 1 amide bonds. The van der Waals surface area contributed by atoms with Crippen molar-refractivity contribution < 1.29 is 4.79 Å². The van der Waals surface area contributed by atoms with Gasteiger partial charge in [-0.2, -0.15) is 9.61 Å². The molecule has 0 unspecified atom stereocenters. The number of thiophene rings is 1. The van der Waals surface area contributed by atoms with Crippen LogP contribution in [0.1, 0.15) is 41.9 Å². The Hall–Kier alpha value is -3.66. The predicted octanol–water partition coefficient (Wildman–Crippen LogP) is 1.43. The van der Waals surface area contributed by atoms with Crippen LogP contribution in [0.2, 0.25) is 0 Å². The zero-order valence-electron chi connectivity index (χ0n) is 17.7. The first kappa shape index (κ1) is 20.3. The molecule has 5 rings (SSSR count). The molecule has 0 spiro atoms. The Morgan fingerprint density at radius 2 is 2.16 bits per heavy atom. The molecule has 1 aliphatic rings. The molecule has 0 atom stereocenters. The standard InChI is InChI=1S/C22H23N7O2S/c1-11(2)24-21(30)18-7-6-17(32-18)16-9-19(26-14-4-5-14)29-20(27-16)13(10-23-29)8-15-12(3)25-22(31)28-15/h6-11,14,26H,3-5H2,1-2H3,(H,24,30)(H2,25,28,31)/b15-8-. The Morgan fingerprint density at radius 3 is 2.84 bits per heavy atom. The molecule has 0 aliphatic heterocycles. The number of rotatable bonds is 6. The van der Waals surface area contributed by atoms with Gasteiger partial charge in [-0.15, -0.1) is 11.3 Å². The molecule has 164 valence electrons. The van der Waals surface area contributed by atoms with Crippen molar-refractivity contribution in [2.75, 3.05) is 5.32 Å². The predicted molar refractivity (Wildman–Crippen MR) is 125 cm³/mol. The average molecular weight is 450 g/mol. The van der Waals surface area contributed by atoms with Gasteiger partial charge in [0.25, 0.3) is 5.91 Å². The third-order valence-electron chi connectivity index (χ3n) is 5.07. The fraction of sp³-hybridized carbons (Fsp3) is 0.273. The maximum Gasteiger partial charge on any atom is 0.323 e. The summed E-state index contributed by atoms with van der Waals surface area (Å²) >= 11 is 1.40. The number of hydrogen-bond donors (Lipinski definition) is 4. The highest BCUT2D eigenvalue weighted by molar-refractivity contribution is 7.17. The summed E-state index contributed by atoms with van der Waals surface area (Å²) in [5.41, 5.74) is 1.84. The second-order valence-electron chi connectivity index (χ2n) is 8.19. The number of fused-ring (bicyclic) bond motifs is 1. The van der Waals surface area contributed by atoms with Gasteiger partial charge in [0.1, 0.15) is 5.82 Å². The van der Waals surface area contributed by atoms with Gasteiger partial charge in [0.05, 0.1) is 32.3 Å². The Kier molecular flexibility index (Phi) is 4.93. The highest BCUT2D eigenvalue weighted by Gasteiger charge is 2.23. The van der Waals surface area contributed by atoms with E-state index in [1.807, 2.05) is 32.0 Å². The number of imidazole rings is 1. The van der Waals surface area contributed by atoms with E-state index in [2.05, 4.69) is 32.3 Å². The van der Waals surface area contributed by atoms with E-state index < -0.39 is 0 Å². The largest absolute Gasteiger partial charge is 0.367 e. The van der Waals surface area contributed by atoms with Crippen LogP contribution >= 0.6 is 11.3 Å². The second kappa shape index (κ2) is 7.79. The summed E-state index contributed by atoms with van der Waals surface area (Å²) in [6, 6.07) is 6.19. The molecule has 1 aliphatic carbocycles. The molecular weight excluding hydrogens is 426 g/mol. The molecule has 0 radical (unpaired) electrons. The van der Waals surface area contributed by atoms with Crippen molar-refractivity contribution in [3.05, 3.63) is 56.0 Å². The lowest BCUT2D eigenvalue weighted by molar-refractivity contribution is 0.0947. The van der Waals surface area contributed by atoms with Crippen LogP contribution in [-0.2, 0) is 0 Å². The van der Waals surface area contributed by atoms with Gasteiger partial charge in [0.2, 0.25) is 0 Å². The molecule has 0 aromatic carbocycles. The van der Waals surface area contributed by atoms with Gasteiger partial charge >= 0.3 is 5.69 Å². The molecule has 4 N–H and O–H groups in total. The molecule has 32 heavy (non-hydrogen) atoms. The van der Waals surface area contributed by atoms with Crippen LogP contribution in [-0.4, -0.2) is 42.6 Å². The van der Waals surface area contributed by atoms with Gasteiger partial charge in [-0.25, -0.2) is 9.78 Å². The molecule has 1 saturated carbocycles. The summed E-state index contributed by atoms with van der Waals surface area (Å²) in [5, 5.41) is 12.0. The summed E-state index contributed by atoms with van der Waals surface area (Å²) in [7, 11) is 0. The van der Waals surface area contributed by atoms with Gasteiger partial charge in [0, 0.05) is 23.7 Å². The summed E-state index contributed by atoms with van der Waals surface area (Å²) in [6.45, 7) is 7.73. The molecule has 0 saturated heterocycles. The van der Waals surface area contributed by atoms with Crippen molar-refractivity contribution >= 4 is 41.4 Å². The Morgan fingerprint density at radius 1 is 1.34 bits per heavy atom. The topological polar surface area (TPSA) is 120 Å². The van der Waals surface area contributed by atoms with E-state index >= 15 is 0 Å². The normalized spacial score (nSPS) is 14.4. The zero-order valence-corrected chi connectivity index (χ0v) is 18.5. The molecular formula is C22H23N7O2S. The van der Waals surface area contributed by atoms with Crippen LogP contribution in [0.4, 0.5) is 5.82 Å². The zero-order chi connectivity index (χ0) is 22.4. The van der Waals surface area contributed by atoms with Gasteiger partial charge in [-0.1, -0.05) is 6.58 Å². The van der Waals surface area contributed by atoms with Crippen LogP contribution in [0.15, 0.2) is 29.2 Å². The molecule has 1 fully saturated rings. The quantitative estimate of drug-likeness (QED) is 0.355. The Bertz CT molecular complexity index is 1490. The highest BCUT2D eigenvalue weighted by atomic mass is 32.1. The number of H-pyrrole nitrogens is 2. The number of nitrogens with one attached hydrogen (secondary N) is 4. The fourth-order valence-corrected chi connectivity index (χ4v) is 4.26. The number of carbonyl (C=O) groups excluding carboxylic acids is 1. The Balaban J connectivity index is 1.62. The number of aromatic nitrogens is 5. The minimum absolute atomic E-state index is 0.0691. The third kappa shape index (κ3) is 3.96. The number of nitrogens with zero attached hydrogens (tertiary/aromatic N) is 3. The van der Waals surface area contributed by atoms with Gasteiger partial charge in [-0.05, 0) is 44.9 Å². The van der Waals surface area contributed by atoms with Crippen LogP contribution in [0.25, 0.3) is 28.9 Å². The van der Waals surface area contributed by atoms with E-state index in [1.165, 1.54) is 11.3 Å². The van der Waals surface area contributed by atoms with Crippen molar-refractivity contribution in [3.8, 4) is 10.6 Å². The van der Waals surface area contributed by atoms with E-state index in [-0.39, 0.29) is 17.6 Å². The van der Waals surface area contributed by atoms with Crippen molar-refractivity contribution in [2.24, 2.45) is 0 Å². The first-order valence-corrected chi connectivity index (χ1v) is 11.2. The van der Waals surface area contributed by atoms with E-state index in [9.17, 15) is 9.59 Å². The van der Waals surface area contributed by atoms with E-state index in [1.54, 1.807) is 16.8 Å². The number of hydrogen-bond acceptors (Lipinski definition) is 6. The number of carbonyl (C=O) groups is 1. The summed E-state index contributed by atoms with van der Waals surface area (Å²) < 4.78 is 1.77. The maximum absolute atomic E-state index is 12.4. The van der Waals surface area contributed by atoms with Gasteiger partial charge < -0.3 is 20.6 Å². The third-order valence-corrected chi connectivity index (χ3v) is 6.17. The molecule has 9 nitrogen and oxygen atoms in total. The first-order valence-electron chi connectivity index (χ1n) is 10.4. The van der Waals surface area contributed by atoms with Crippen molar-refractivity contribution in [1.29, 1.82) is 0 Å². The number of amides is 1. The summed E-state index contributed by atoms with van der Waals surface area (Å²) in [6.07, 6.45) is 5.75. The van der Waals surface area contributed by atoms with Crippen LogP contribution in [0.3, 0.4) is 0 Å². The van der Waals surface area contributed by atoms with Crippen LogP contribution in [0, 0.1) is 0 Å². The monoisotopic (exact) mass is 449 g/mol. The first-order chi connectivity index (χ1) is 15.4. The lowest BCUT2D eigenvalue weighted by Crippen LogP contribution is -2.29. The van der Waals surface area contributed by atoms with Gasteiger partial charge in [-0.3, -0.25) is 4.79 Å². The lowest BCUT2D eigenvalue weighted by Gasteiger charge is -2.09. The van der Waals surface area contributed by atoms with Crippen molar-refractivity contribution in [3.63, 3.8) is 0 Å². The van der Waals surface area contributed by atoms with Crippen LogP contribution in [0.5, 0.6) is 0 Å². The number of anilines is 1. The molecule has 10 heteroatoms. The maximum atomic E-state index is 12.4. The van der Waals surface area contributed by atoms with Crippen molar-refractivity contribution in [2.45, 2.75) is 38.8 Å². The van der Waals surface area contributed by atoms with E-state index in [4.69, 9.17) is 4.98 Å². The minimum atomic E-state index is -0.312. The molecule has 0 bridgehead atoms. The van der Waals surface area contributed by atoms with Crippen molar-refractivity contribution in [1.82, 2.24) is 29.9 Å². The highest BCUT2D eigenvalue weighted by Crippen LogP contribution is 2.32. The minimum Gasteiger partial charge on any atom is -0.367 e. The number of aromatic amines is 2. The van der Waals surface area contributed by atoms with E-state index in [0.29, 0.717) is 27.3 Å². The SMILES string of the molecule is C=c1[nH]c(=O)[nH]/c1=C\c1cnn2c(NC3CC3)cc(-c3ccc(C(=O)NC(C)C)s3)nc12. The Labute approximate surface area is 186 Å². The molecule has 4 aromatic rings. The summed E-state index contributed by atoms with van der Waals surface area (Å²) in [5.74, 6) is 0.748. The fourth-order valence-electron chi connectivity index (χ4n) is 3.39. The molecule has 4 aromatic heterocycles. The molecule has 4 heterocycles. The smallest absolute Gasteiger partial charge is 0.323 e.